The lowest BCUT2D eigenvalue weighted by Gasteiger charge is -2.13. The predicted octanol–water partition coefficient (Wildman–Crippen LogP) is 3.98. The van der Waals surface area contributed by atoms with Crippen molar-refractivity contribution in [2.24, 2.45) is 4.99 Å². The summed E-state index contributed by atoms with van der Waals surface area (Å²) in [5.41, 5.74) is 5.59. The lowest BCUT2D eigenvalue weighted by atomic mass is 10.0. The molecule has 0 bridgehead atoms. The van der Waals surface area contributed by atoms with Crippen molar-refractivity contribution >= 4 is 34.5 Å². The molecule has 1 unspecified atom stereocenters. The van der Waals surface area contributed by atoms with Gasteiger partial charge in [-0.05, 0) is 24.3 Å². The van der Waals surface area contributed by atoms with Crippen LogP contribution in [0, 0.1) is 0 Å². The quantitative estimate of drug-likeness (QED) is 0.337. The Balaban J connectivity index is 1.43. The Labute approximate surface area is 218 Å². The largest absolute Gasteiger partial charge is 0.388 e. The maximum absolute atomic E-state index is 13.8. The molecule has 9 nitrogen and oxygen atoms in total. The average Bonchev–Trinajstić information content (AvgIpc) is 3.29. The highest BCUT2D eigenvalue weighted by atomic mass is 16.2. The number of hydrogen-bond donors (Lipinski definition) is 3. The number of benzodiazepines with no additional fused rings is 1. The van der Waals surface area contributed by atoms with Crippen LogP contribution < -0.4 is 16.0 Å². The van der Waals surface area contributed by atoms with E-state index in [-0.39, 0.29) is 5.56 Å². The molecule has 0 spiro atoms. The van der Waals surface area contributed by atoms with Gasteiger partial charge in [-0.2, -0.15) is 5.10 Å². The minimum absolute atomic E-state index is 0.258. The molecule has 0 saturated carbocycles. The number of fused-ring (bicyclic) bond motifs is 2. The Hall–Kier alpha value is -5.31. The van der Waals surface area contributed by atoms with E-state index in [1.807, 2.05) is 85.9 Å². The van der Waals surface area contributed by atoms with E-state index in [0.717, 1.165) is 22.4 Å². The average molecular weight is 502 g/mol. The van der Waals surface area contributed by atoms with Crippen molar-refractivity contribution in [2.75, 3.05) is 17.7 Å². The molecule has 3 N–H and O–H groups in total. The van der Waals surface area contributed by atoms with Crippen molar-refractivity contribution in [3.8, 4) is 11.3 Å². The summed E-state index contributed by atoms with van der Waals surface area (Å²) < 4.78 is 1.55. The molecule has 2 amide bonds. The van der Waals surface area contributed by atoms with Crippen LogP contribution in [0.1, 0.15) is 21.5 Å². The summed E-state index contributed by atoms with van der Waals surface area (Å²) in [4.78, 5) is 36.2. The number of rotatable bonds is 5. The molecule has 3 heterocycles. The smallest absolute Gasteiger partial charge is 0.269 e. The third kappa shape index (κ3) is 4.16. The molecule has 0 fully saturated rings. The van der Waals surface area contributed by atoms with Crippen LogP contribution in [0.25, 0.3) is 16.9 Å². The van der Waals surface area contributed by atoms with E-state index in [0.29, 0.717) is 22.7 Å². The highest BCUT2D eigenvalue weighted by Crippen LogP contribution is 2.28. The third-order valence-corrected chi connectivity index (χ3v) is 6.33. The van der Waals surface area contributed by atoms with E-state index in [1.54, 1.807) is 23.0 Å². The van der Waals surface area contributed by atoms with Gasteiger partial charge in [-0.25, -0.2) is 14.5 Å². The number of anilines is 2. The number of carbonyl (C=O) groups excluding carboxylic acids is 2. The molecule has 3 aromatic carbocycles. The first kappa shape index (κ1) is 23.1. The van der Waals surface area contributed by atoms with E-state index in [1.165, 1.54) is 0 Å². The molecule has 5 aromatic rings. The minimum Gasteiger partial charge on any atom is -0.388 e. The first-order chi connectivity index (χ1) is 18.6. The van der Waals surface area contributed by atoms with Crippen LogP contribution in [0.2, 0.25) is 0 Å². The molecule has 2 aromatic heterocycles. The zero-order valence-electron chi connectivity index (χ0n) is 20.4. The van der Waals surface area contributed by atoms with Crippen LogP contribution in [-0.4, -0.2) is 45.3 Å². The monoisotopic (exact) mass is 501 g/mol. The Morgan fingerprint density at radius 3 is 2.47 bits per heavy atom. The Bertz CT molecular complexity index is 1690. The molecule has 0 aliphatic carbocycles. The first-order valence-corrected chi connectivity index (χ1v) is 12.1. The van der Waals surface area contributed by atoms with Crippen molar-refractivity contribution < 1.29 is 9.59 Å². The van der Waals surface area contributed by atoms with E-state index in [4.69, 9.17) is 4.99 Å². The summed E-state index contributed by atoms with van der Waals surface area (Å²) in [5.74, 6) is -0.949. The summed E-state index contributed by atoms with van der Waals surface area (Å²) in [7, 11) is 1.84. The summed E-state index contributed by atoms with van der Waals surface area (Å²) in [5, 5.41) is 13.4. The number of nitrogens with one attached hydrogen (secondary N) is 3. The molecule has 38 heavy (non-hydrogen) atoms. The fourth-order valence-electron chi connectivity index (χ4n) is 4.47. The fraction of sp³-hybridized carbons (Fsp3) is 0.0690. The van der Waals surface area contributed by atoms with Gasteiger partial charge >= 0.3 is 0 Å². The second-order valence-electron chi connectivity index (χ2n) is 8.69. The Morgan fingerprint density at radius 2 is 1.68 bits per heavy atom. The van der Waals surface area contributed by atoms with Crippen molar-refractivity contribution in [1.82, 2.24) is 19.9 Å². The Morgan fingerprint density at radius 1 is 0.921 bits per heavy atom. The molecule has 1 aliphatic heterocycles. The molecular formula is C29H23N7O2. The molecule has 1 aliphatic rings. The molecule has 9 heteroatoms. The van der Waals surface area contributed by atoms with Crippen LogP contribution in [0.3, 0.4) is 0 Å². The van der Waals surface area contributed by atoms with E-state index in [2.05, 4.69) is 26.0 Å². The van der Waals surface area contributed by atoms with Gasteiger partial charge in [0.05, 0.1) is 11.4 Å². The minimum atomic E-state index is -1.18. The summed E-state index contributed by atoms with van der Waals surface area (Å²) in [6.07, 6.45) is 2.15. The molecular weight excluding hydrogens is 478 g/mol. The number of amides is 2. The van der Waals surface area contributed by atoms with Gasteiger partial charge in [-0.3, -0.25) is 9.59 Å². The zero-order valence-corrected chi connectivity index (χ0v) is 20.4. The second-order valence-corrected chi connectivity index (χ2v) is 8.69. The van der Waals surface area contributed by atoms with Crippen molar-refractivity contribution in [3.05, 3.63) is 114 Å². The van der Waals surface area contributed by atoms with Gasteiger partial charge in [-0.1, -0.05) is 60.7 Å². The maximum Gasteiger partial charge on any atom is 0.269 e. The van der Waals surface area contributed by atoms with Gasteiger partial charge in [0.1, 0.15) is 11.3 Å². The van der Waals surface area contributed by atoms with Gasteiger partial charge in [0.15, 0.2) is 5.65 Å². The lowest BCUT2D eigenvalue weighted by molar-refractivity contribution is -0.117. The van der Waals surface area contributed by atoms with E-state index in [9.17, 15) is 9.59 Å². The van der Waals surface area contributed by atoms with Gasteiger partial charge in [0.2, 0.25) is 6.17 Å². The van der Waals surface area contributed by atoms with Crippen molar-refractivity contribution in [1.29, 1.82) is 0 Å². The SMILES string of the molecule is CNc1ccc(-c2nn3cccnc3c2C(=O)NC2N=C(c3ccccc3)c3ccccc3NC2=O)cc1. The normalized spacial score (nSPS) is 14.7. The van der Waals surface area contributed by atoms with E-state index >= 15 is 0 Å². The number of nitrogens with zero attached hydrogens (tertiary/aromatic N) is 4. The number of aliphatic imine (C=N–C) groups is 1. The van der Waals surface area contributed by atoms with Crippen molar-refractivity contribution in [2.45, 2.75) is 6.17 Å². The van der Waals surface area contributed by atoms with Crippen molar-refractivity contribution in [3.63, 3.8) is 0 Å². The molecule has 0 saturated heterocycles. The highest BCUT2D eigenvalue weighted by molar-refractivity contribution is 6.20. The van der Waals surface area contributed by atoms with Crippen LogP contribution in [-0.2, 0) is 4.79 Å². The summed E-state index contributed by atoms with van der Waals surface area (Å²) >= 11 is 0. The molecule has 1 atom stereocenters. The number of aromatic nitrogens is 3. The Kier molecular flexibility index (Phi) is 5.85. The summed E-state index contributed by atoms with van der Waals surface area (Å²) in [6.45, 7) is 0. The first-order valence-electron chi connectivity index (χ1n) is 12.1. The topological polar surface area (TPSA) is 113 Å². The fourth-order valence-corrected chi connectivity index (χ4v) is 4.47. The van der Waals surface area contributed by atoms with Gasteiger partial charge in [0.25, 0.3) is 11.8 Å². The number of hydrogen-bond acceptors (Lipinski definition) is 6. The third-order valence-electron chi connectivity index (χ3n) is 6.33. The van der Waals surface area contributed by atoms with Crippen LogP contribution in [0.5, 0.6) is 0 Å². The number of para-hydroxylation sites is 1. The number of carbonyl (C=O) groups is 2. The maximum atomic E-state index is 13.8. The molecule has 0 radical (unpaired) electrons. The zero-order chi connectivity index (χ0) is 26.1. The number of benzene rings is 3. The van der Waals surface area contributed by atoms with Gasteiger partial charge in [0, 0.05) is 41.8 Å². The van der Waals surface area contributed by atoms with Crippen LogP contribution in [0.15, 0.2) is 102 Å². The van der Waals surface area contributed by atoms with Crippen LogP contribution in [0.4, 0.5) is 11.4 Å². The second kappa shape index (κ2) is 9.62. The lowest BCUT2D eigenvalue weighted by Crippen LogP contribution is -2.42. The predicted molar refractivity (Wildman–Crippen MR) is 146 cm³/mol. The molecule has 6 rings (SSSR count). The van der Waals surface area contributed by atoms with Gasteiger partial charge in [-0.15, -0.1) is 0 Å². The summed E-state index contributed by atoms with van der Waals surface area (Å²) in [6, 6.07) is 26.3. The van der Waals surface area contributed by atoms with Gasteiger partial charge < -0.3 is 16.0 Å². The molecule has 186 valence electrons. The highest BCUT2D eigenvalue weighted by Gasteiger charge is 2.30. The van der Waals surface area contributed by atoms with Crippen LogP contribution >= 0.6 is 0 Å². The standard InChI is InChI=1S/C29H23N7O2/c1-30-20-14-12-19(13-15-20)25-23(27-31-16-7-17-36(27)35-25)28(37)34-26-29(38)32-22-11-6-5-10-21(22)24(33-26)18-8-3-2-4-9-18/h2-17,26,30H,1H3,(H,32,38)(H,34,37). The van der Waals surface area contributed by atoms with E-state index < -0.39 is 18.0 Å².